The number of piperidine rings is 1. The van der Waals surface area contributed by atoms with Crippen molar-refractivity contribution in [3.63, 3.8) is 0 Å². The van der Waals surface area contributed by atoms with Crippen LogP contribution in [0.2, 0.25) is 5.02 Å². The van der Waals surface area contributed by atoms with Crippen molar-refractivity contribution in [1.29, 1.82) is 0 Å². The number of rotatable bonds is 6. The molecule has 1 saturated carbocycles. The number of pyridine rings is 1. The van der Waals surface area contributed by atoms with Gasteiger partial charge in [0.2, 0.25) is 5.91 Å². The maximum absolute atomic E-state index is 13.8. The Bertz CT molecular complexity index is 1270. The summed E-state index contributed by atoms with van der Waals surface area (Å²) in [5, 5.41) is 8.51. The van der Waals surface area contributed by atoms with Crippen LogP contribution >= 0.6 is 11.6 Å². The second kappa shape index (κ2) is 10.5. The van der Waals surface area contributed by atoms with Crippen molar-refractivity contribution in [3.8, 4) is 0 Å². The Morgan fingerprint density at radius 3 is 2.82 bits per heavy atom. The van der Waals surface area contributed by atoms with Gasteiger partial charge in [-0.2, -0.15) is 0 Å². The third-order valence-corrected chi connectivity index (χ3v) is 7.31. The highest BCUT2D eigenvalue weighted by atomic mass is 35.5. The van der Waals surface area contributed by atoms with Crippen molar-refractivity contribution < 1.29 is 28.7 Å². The molecule has 3 heterocycles. The second-order valence-corrected chi connectivity index (χ2v) is 10.3. The largest absolute Gasteiger partial charge is 0.453 e. The lowest BCUT2D eigenvalue weighted by atomic mass is 9.83. The average molecular weight is 542 g/mol. The molecule has 0 unspecified atom stereocenters. The predicted octanol–water partition coefficient (Wildman–Crippen LogP) is 3.89. The van der Waals surface area contributed by atoms with E-state index >= 15 is 0 Å². The zero-order chi connectivity index (χ0) is 26.9. The van der Waals surface area contributed by atoms with E-state index in [1.54, 1.807) is 23.1 Å². The lowest BCUT2D eigenvalue weighted by Gasteiger charge is -2.45. The minimum Gasteiger partial charge on any atom is -0.453 e. The van der Waals surface area contributed by atoms with E-state index < -0.39 is 29.7 Å². The number of halogens is 1. The summed E-state index contributed by atoms with van der Waals surface area (Å²) in [5.74, 6) is -0.0730. The monoisotopic (exact) mass is 541 g/mol. The Morgan fingerprint density at radius 1 is 1.29 bits per heavy atom. The average Bonchev–Trinajstić information content (AvgIpc) is 3.73. The third kappa shape index (κ3) is 5.52. The highest BCUT2D eigenvalue weighted by molar-refractivity contribution is 6.30. The Kier molecular flexibility index (Phi) is 7.11. The molecule has 5 rings (SSSR count). The van der Waals surface area contributed by atoms with Crippen molar-refractivity contribution in [2.24, 2.45) is 5.92 Å². The van der Waals surface area contributed by atoms with Gasteiger partial charge in [-0.05, 0) is 55.5 Å². The summed E-state index contributed by atoms with van der Waals surface area (Å²) < 4.78 is 10.3. The molecule has 2 atom stereocenters. The van der Waals surface area contributed by atoms with E-state index in [-0.39, 0.29) is 23.8 Å². The summed E-state index contributed by atoms with van der Waals surface area (Å²) in [6.45, 7) is 0.646. The summed E-state index contributed by atoms with van der Waals surface area (Å²) in [6, 6.07) is 7.44. The first-order valence-electron chi connectivity index (χ1n) is 12.5. The van der Waals surface area contributed by atoms with Gasteiger partial charge in [0.05, 0.1) is 24.9 Å². The van der Waals surface area contributed by atoms with Crippen LogP contribution in [0.3, 0.4) is 0 Å². The fourth-order valence-electron chi connectivity index (χ4n) is 5.01. The van der Waals surface area contributed by atoms with Crippen molar-refractivity contribution in [2.75, 3.05) is 30.8 Å². The summed E-state index contributed by atoms with van der Waals surface area (Å²) in [5.41, 5.74) is 0.578. The van der Waals surface area contributed by atoms with E-state index in [1.807, 2.05) is 0 Å². The number of ether oxygens (including phenoxy) is 2. The van der Waals surface area contributed by atoms with Crippen LogP contribution in [-0.4, -0.2) is 60.1 Å². The van der Waals surface area contributed by atoms with Crippen molar-refractivity contribution in [3.05, 3.63) is 52.7 Å². The molecule has 1 saturated heterocycles. The van der Waals surface area contributed by atoms with Gasteiger partial charge in [-0.1, -0.05) is 24.4 Å². The number of carbonyl (C=O) groups is 4. The molecule has 1 aromatic heterocycles. The Morgan fingerprint density at radius 2 is 2.11 bits per heavy atom. The van der Waals surface area contributed by atoms with E-state index in [1.165, 1.54) is 25.4 Å². The topological polar surface area (TPSA) is 139 Å². The van der Waals surface area contributed by atoms with Crippen LogP contribution in [0.25, 0.3) is 0 Å². The number of hydrogen-bond donors (Lipinski definition) is 3. The molecule has 1 aromatic carbocycles. The predicted molar refractivity (Wildman–Crippen MR) is 138 cm³/mol. The molecule has 11 nitrogen and oxygen atoms in total. The molecule has 0 bridgehead atoms. The fourth-order valence-corrected chi connectivity index (χ4v) is 5.18. The van der Waals surface area contributed by atoms with E-state index in [0.717, 1.165) is 18.4 Å². The van der Waals surface area contributed by atoms with Gasteiger partial charge in [-0.25, -0.2) is 14.6 Å². The number of nitrogens with zero attached hydrogens (tertiary/aromatic N) is 2. The molecular weight excluding hydrogens is 514 g/mol. The van der Waals surface area contributed by atoms with Crippen LogP contribution < -0.4 is 16.0 Å². The first kappa shape index (κ1) is 25.8. The normalized spacial score (nSPS) is 21.0. The Balaban J connectivity index is 1.33. The second-order valence-electron chi connectivity index (χ2n) is 9.82. The maximum atomic E-state index is 13.8. The number of benzene rings is 1. The molecule has 2 aliphatic heterocycles. The van der Waals surface area contributed by atoms with Gasteiger partial charge in [0.25, 0.3) is 5.91 Å². The van der Waals surface area contributed by atoms with Gasteiger partial charge >= 0.3 is 12.2 Å². The Labute approximate surface area is 224 Å². The SMILES string of the molecule is COC(=O)Nc1ccc(C(=O)N[C@@H](CC2CC2)C(=O)N2CCC[C@@]3(C2)OC(=O)Nc2ccc(Cl)cc23)cn1. The third-order valence-electron chi connectivity index (χ3n) is 7.07. The van der Waals surface area contributed by atoms with Gasteiger partial charge in [0.1, 0.15) is 11.9 Å². The van der Waals surface area contributed by atoms with Crippen LogP contribution in [0.15, 0.2) is 36.5 Å². The van der Waals surface area contributed by atoms with E-state index in [2.05, 4.69) is 25.7 Å². The van der Waals surface area contributed by atoms with Crippen LogP contribution in [0, 0.1) is 5.92 Å². The zero-order valence-electron chi connectivity index (χ0n) is 20.8. The quantitative estimate of drug-likeness (QED) is 0.504. The molecule has 1 aliphatic carbocycles. The van der Waals surface area contributed by atoms with Gasteiger partial charge < -0.3 is 19.7 Å². The number of fused-ring (bicyclic) bond motifs is 2. The molecule has 1 spiro atoms. The highest BCUT2D eigenvalue weighted by Crippen LogP contribution is 2.43. The molecule has 4 amide bonds. The fraction of sp³-hybridized carbons (Fsp3) is 0.423. The number of likely N-dealkylation sites (tertiary alicyclic amines) is 1. The van der Waals surface area contributed by atoms with Gasteiger partial charge in [0, 0.05) is 23.3 Å². The van der Waals surface area contributed by atoms with Crippen molar-refractivity contribution in [1.82, 2.24) is 15.2 Å². The number of carbonyl (C=O) groups excluding carboxylic acids is 4. The number of methoxy groups -OCH3 is 1. The molecule has 3 aliphatic rings. The summed E-state index contributed by atoms with van der Waals surface area (Å²) in [4.78, 5) is 56.3. The van der Waals surface area contributed by atoms with E-state index in [9.17, 15) is 19.2 Å². The minimum atomic E-state index is -1.02. The van der Waals surface area contributed by atoms with E-state index in [0.29, 0.717) is 42.4 Å². The van der Waals surface area contributed by atoms with Crippen molar-refractivity contribution >= 4 is 47.1 Å². The summed E-state index contributed by atoms with van der Waals surface area (Å²) in [7, 11) is 1.24. The number of hydrogen-bond acceptors (Lipinski definition) is 7. The van der Waals surface area contributed by atoms with Crippen LogP contribution in [0.4, 0.5) is 21.1 Å². The summed E-state index contributed by atoms with van der Waals surface area (Å²) >= 11 is 6.26. The molecular formula is C26H28ClN5O6. The zero-order valence-corrected chi connectivity index (χ0v) is 21.5. The summed E-state index contributed by atoms with van der Waals surface area (Å²) in [6.07, 6.45) is 3.78. The van der Waals surface area contributed by atoms with Gasteiger partial charge in [0.15, 0.2) is 5.60 Å². The van der Waals surface area contributed by atoms with Gasteiger partial charge in [-0.3, -0.25) is 20.2 Å². The Hall–Kier alpha value is -3.86. The number of nitrogens with one attached hydrogen (secondary N) is 3. The number of aromatic nitrogens is 1. The maximum Gasteiger partial charge on any atom is 0.412 e. The number of anilines is 2. The van der Waals surface area contributed by atoms with Gasteiger partial charge in [-0.15, -0.1) is 0 Å². The molecule has 3 N–H and O–H groups in total. The molecule has 200 valence electrons. The van der Waals surface area contributed by atoms with E-state index in [4.69, 9.17) is 16.3 Å². The molecule has 2 aromatic rings. The number of amides is 4. The van der Waals surface area contributed by atoms with Crippen LogP contribution in [-0.2, 0) is 19.9 Å². The first-order chi connectivity index (χ1) is 18.3. The lowest BCUT2D eigenvalue weighted by molar-refractivity contribution is -0.141. The molecule has 2 fully saturated rings. The molecule has 12 heteroatoms. The highest BCUT2D eigenvalue weighted by Gasteiger charge is 2.47. The van der Waals surface area contributed by atoms with Crippen LogP contribution in [0.1, 0.15) is 48.0 Å². The van der Waals surface area contributed by atoms with Crippen LogP contribution in [0.5, 0.6) is 0 Å². The molecule has 38 heavy (non-hydrogen) atoms. The smallest absolute Gasteiger partial charge is 0.412 e. The van der Waals surface area contributed by atoms with Crippen molar-refractivity contribution in [2.45, 2.75) is 43.7 Å². The lowest BCUT2D eigenvalue weighted by Crippen LogP contribution is -2.57. The minimum absolute atomic E-state index is 0.166. The first-order valence-corrected chi connectivity index (χ1v) is 12.8. The molecule has 0 radical (unpaired) electrons. The standard InChI is InChI=1S/C26H28ClN5O6/c1-37-24(35)31-21-8-5-16(13-28-21)22(33)29-20(11-15-3-4-15)23(34)32-10-2-9-26(14-32)18-12-17(27)6-7-19(18)30-25(36)38-26/h5-8,12-13,15,20H,2-4,9-11,14H2,1H3,(H,29,33)(H,30,36)(H,28,31,35)/t20-,26-/m0/s1.